The van der Waals surface area contributed by atoms with E-state index in [2.05, 4.69) is 315 Å². The van der Waals surface area contributed by atoms with Gasteiger partial charge >= 0.3 is 0 Å². The molecule has 3 aliphatic rings. The monoisotopic (exact) mass is 1200 g/mol. The Labute approximate surface area is 546 Å². The van der Waals surface area contributed by atoms with Crippen molar-refractivity contribution < 1.29 is 8.83 Å². The molecule has 14 aromatic rings. The van der Waals surface area contributed by atoms with Crippen molar-refractivity contribution in [1.82, 2.24) is 0 Å². The zero-order valence-corrected chi connectivity index (χ0v) is 54.9. The molecule has 0 N–H and O–H groups in total. The van der Waals surface area contributed by atoms with Crippen LogP contribution in [-0.4, -0.2) is 6.71 Å². The van der Waals surface area contributed by atoms with Gasteiger partial charge in [0.15, 0.2) is 0 Å². The molecule has 17 rings (SSSR count). The molecule has 0 spiro atoms. The van der Waals surface area contributed by atoms with Gasteiger partial charge in [-0.3, -0.25) is 0 Å². The van der Waals surface area contributed by atoms with Gasteiger partial charge in [0.1, 0.15) is 22.7 Å². The molecule has 5 nitrogen and oxygen atoms in total. The fourth-order valence-electron chi connectivity index (χ4n) is 15.3. The van der Waals surface area contributed by atoms with E-state index >= 15 is 0 Å². The van der Waals surface area contributed by atoms with Crippen LogP contribution < -0.4 is 31.1 Å². The average Bonchev–Trinajstić information content (AvgIpc) is 1.02. The van der Waals surface area contributed by atoms with Crippen molar-refractivity contribution in [1.29, 1.82) is 0 Å². The van der Waals surface area contributed by atoms with Gasteiger partial charge in [0.2, 0.25) is 0 Å². The molecule has 452 valence electrons. The van der Waals surface area contributed by atoms with Gasteiger partial charge in [-0.15, -0.1) is 0 Å². The summed E-state index contributed by atoms with van der Waals surface area (Å²) < 4.78 is 13.0. The zero-order valence-electron chi connectivity index (χ0n) is 54.9. The Kier molecular flexibility index (Phi) is 12.4. The number of fused-ring (bicyclic) bond motifs is 12. The van der Waals surface area contributed by atoms with E-state index in [-0.39, 0.29) is 28.4 Å². The second kappa shape index (κ2) is 20.4. The first-order chi connectivity index (χ1) is 44.7. The maximum absolute atomic E-state index is 6.53. The Hall–Kier alpha value is -10.3. The molecule has 2 aliphatic heterocycles. The molecule has 12 aromatic carbocycles. The topological polar surface area (TPSA) is 36.0 Å². The van der Waals surface area contributed by atoms with Gasteiger partial charge in [-0.1, -0.05) is 210 Å². The number of para-hydroxylation sites is 2. The van der Waals surface area contributed by atoms with E-state index < -0.39 is 0 Å². The molecular formula is C87H74BN3O2. The van der Waals surface area contributed by atoms with Gasteiger partial charge in [0.25, 0.3) is 6.71 Å². The van der Waals surface area contributed by atoms with Crippen LogP contribution in [-0.2, 0) is 21.7 Å². The van der Waals surface area contributed by atoms with E-state index in [9.17, 15) is 0 Å². The van der Waals surface area contributed by atoms with Gasteiger partial charge < -0.3 is 23.5 Å². The standard InChI is InChI=1S/C87H74BN3O2/c1-84(2,3)60-30-37-64(38-31-60)91-75-43-33-62(86(7,8)9)49-73(75)88-72-48-61(85(4,5)6)32-42-74(72)90(63-34-26-54(27-35-63)80-46-57-19-13-16-22-78(57)92-80)76-51-67(52-77(91)83(76)88)89(65-36-28-55-44-59(25-24-56(55)45-65)81-47-58-20-14-17-23-79(58)93-81)66-39-40-69-71(50-66)87(10,11)70-41-29-53-18-12-15-21-68(53)82(69)70/h12-52H,1-11H3. The molecule has 0 amide bonds. The normalized spacial score (nSPS) is 14.0. The summed E-state index contributed by atoms with van der Waals surface area (Å²) in [6.45, 7) is 25.7. The van der Waals surface area contributed by atoms with Crippen molar-refractivity contribution in [2.75, 3.05) is 14.7 Å². The minimum Gasteiger partial charge on any atom is -0.456 e. The predicted molar refractivity (Wildman–Crippen MR) is 394 cm³/mol. The van der Waals surface area contributed by atoms with Crippen LogP contribution >= 0.6 is 0 Å². The van der Waals surface area contributed by atoms with Crippen molar-refractivity contribution in [2.24, 2.45) is 0 Å². The lowest BCUT2D eigenvalue weighted by Crippen LogP contribution is -2.61. The van der Waals surface area contributed by atoms with Crippen molar-refractivity contribution in [3.8, 4) is 33.8 Å². The van der Waals surface area contributed by atoms with E-state index in [0.29, 0.717) is 0 Å². The van der Waals surface area contributed by atoms with Crippen molar-refractivity contribution >= 4 is 118 Å². The van der Waals surface area contributed by atoms with Crippen LogP contribution in [0.1, 0.15) is 104 Å². The highest BCUT2D eigenvalue weighted by Crippen LogP contribution is 2.55. The number of hydrogen-bond acceptors (Lipinski definition) is 5. The number of rotatable bonds is 7. The molecule has 0 fully saturated rings. The highest BCUT2D eigenvalue weighted by atomic mass is 16.3. The number of anilines is 9. The molecule has 0 unspecified atom stereocenters. The highest BCUT2D eigenvalue weighted by molar-refractivity contribution is 7.00. The summed E-state index contributed by atoms with van der Waals surface area (Å²) in [6, 6.07) is 93.6. The molecule has 93 heavy (non-hydrogen) atoms. The van der Waals surface area contributed by atoms with Gasteiger partial charge in [-0.25, -0.2) is 0 Å². The van der Waals surface area contributed by atoms with Gasteiger partial charge in [-0.05, 0) is 208 Å². The third-order valence-electron chi connectivity index (χ3n) is 20.5. The lowest BCUT2D eigenvalue weighted by atomic mass is 9.33. The Balaban J connectivity index is 0.947. The van der Waals surface area contributed by atoms with Crippen molar-refractivity contribution in [3.63, 3.8) is 0 Å². The second-order valence-corrected chi connectivity index (χ2v) is 29.8. The Morgan fingerprint density at radius 1 is 0.366 bits per heavy atom. The quantitative estimate of drug-likeness (QED) is 0.149. The average molecular weight is 1200 g/mol. The molecule has 6 heteroatoms. The van der Waals surface area contributed by atoms with Crippen molar-refractivity contribution in [3.05, 3.63) is 277 Å². The van der Waals surface area contributed by atoms with Crippen LogP contribution in [0, 0.1) is 0 Å². The third kappa shape index (κ3) is 9.11. The molecule has 0 bridgehead atoms. The van der Waals surface area contributed by atoms with E-state index in [4.69, 9.17) is 8.83 Å². The summed E-state index contributed by atoms with van der Waals surface area (Å²) in [5, 5.41) is 7.00. The maximum Gasteiger partial charge on any atom is 0.252 e. The van der Waals surface area contributed by atoms with E-state index in [1.165, 1.54) is 71.8 Å². The Morgan fingerprint density at radius 3 is 1.44 bits per heavy atom. The Bertz CT molecular complexity index is 5330. The molecule has 0 atom stereocenters. The van der Waals surface area contributed by atoms with Crippen LogP contribution in [0.3, 0.4) is 0 Å². The fraction of sp³-hybridized carbons (Fsp3) is 0.172. The zero-order chi connectivity index (χ0) is 63.6. The third-order valence-corrected chi connectivity index (χ3v) is 20.5. The predicted octanol–water partition coefficient (Wildman–Crippen LogP) is 22.6. The van der Waals surface area contributed by atoms with Crippen LogP contribution in [0.25, 0.3) is 77.3 Å². The number of furan rings is 2. The molecule has 0 saturated carbocycles. The van der Waals surface area contributed by atoms with Crippen molar-refractivity contribution in [2.45, 2.75) is 97.8 Å². The first-order valence-electron chi connectivity index (χ1n) is 33.0. The SMILES string of the molecule is CC(C)(C)c1ccc(N2c3ccc(C(C)(C)C)cc3B3c4cc(C(C)(C)C)ccc4N(c4ccc(-c5cc6ccccc6o5)cc4)c4cc(N(c5ccc6c(c5)C(C)(C)c5ccc7ccccc7c5-6)c5ccc6cc(-c7cc8ccccc8o7)ccc6c5)cc2c43)cc1. The molecule has 1 aliphatic carbocycles. The summed E-state index contributed by atoms with van der Waals surface area (Å²) in [4.78, 5) is 7.68. The summed E-state index contributed by atoms with van der Waals surface area (Å²) in [5.74, 6) is 1.71. The van der Waals surface area contributed by atoms with E-state index in [0.717, 1.165) is 101 Å². The molecular weight excluding hydrogens is 1130 g/mol. The molecule has 0 saturated heterocycles. The second-order valence-electron chi connectivity index (χ2n) is 29.8. The van der Waals surface area contributed by atoms with Crippen LogP contribution in [0.4, 0.5) is 51.2 Å². The lowest BCUT2D eigenvalue weighted by Gasteiger charge is -2.45. The smallest absolute Gasteiger partial charge is 0.252 e. The molecule has 0 radical (unpaired) electrons. The molecule has 4 heterocycles. The van der Waals surface area contributed by atoms with Crippen LogP contribution in [0.15, 0.2) is 258 Å². The van der Waals surface area contributed by atoms with E-state index in [1.807, 2.05) is 24.3 Å². The van der Waals surface area contributed by atoms with Crippen LogP contribution in [0.2, 0.25) is 0 Å². The lowest BCUT2D eigenvalue weighted by molar-refractivity contribution is 0.590. The minimum absolute atomic E-state index is 0.0344. The summed E-state index contributed by atoms with van der Waals surface area (Å²) in [5.41, 5.74) is 26.4. The van der Waals surface area contributed by atoms with E-state index in [1.54, 1.807) is 0 Å². The summed E-state index contributed by atoms with van der Waals surface area (Å²) in [6.07, 6.45) is 0. The maximum atomic E-state index is 6.53. The number of nitrogens with zero attached hydrogens (tertiary/aromatic N) is 3. The van der Waals surface area contributed by atoms with Gasteiger partial charge in [-0.2, -0.15) is 0 Å². The van der Waals surface area contributed by atoms with Gasteiger partial charge in [0.05, 0.1) is 5.69 Å². The number of hydrogen-bond donors (Lipinski definition) is 0. The summed E-state index contributed by atoms with van der Waals surface area (Å²) in [7, 11) is 0. The first-order valence-corrected chi connectivity index (χ1v) is 33.0. The Morgan fingerprint density at radius 2 is 0.849 bits per heavy atom. The largest absolute Gasteiger partial charge is 0.456 e. The fourth-order valence-corrected chi connectivity index (χ4v) is 15.3. The number of benzene rings is 12. The highest BCUT2D eigenvalue weighted by Gasteiger charge is 2.46. The molecule has 2 aromatic heterocycles. The van der Waals surface area contributed by atoms with Gasteiger partial charge in [0, 0.05) is 72.8 Å². The first kappa shape index (κ1) is 56.7. The summed E-state index contributed by atoms with van der Waals surface area (Å²) >= 11 is 0. The minimum atomic E-state index is -0.283. The van der Waals surface area contributed by atoms with Crippen LogP contribution in [0.5, 0.6) is 0 Å².